The second kappa shape index (κ2) is 4.62. The van der Waals surface area contributed by atoms with Gasteiger partial charge in [0, 0.05) is 12.4 Å². The van der Waals surface area contributed by atoms with Gasteiger partial charge in [0.2, 0.25) is 0 Å². The second-order valence-corrected chi connectivity index (χ2v) is 4.35. The lowest BCUT2D eigenvalue weighted by Gasteiger charge is -2.32. The van der Waals surface area contributed by atoms with E-state index in [1.165, 1.54) is 0 Å². The topological polar surface area (TPSA) is 153 Å². The third kappa shape index (κ3) is 3.38. The molecular formula is C7H8O8P-3. The Morgan fingerprint density at radius 1 is 1.50 bits per heavy atom. The Hall–Kier alpha value is -0.760. The minimum absolute atomic E-state index is 0.161. The van der Waals surface area contributed by atoms with Gasteiger partial charge in [-0.2, -0.15) is 0 Å². The summed E-state index contributed by atoms with van der Waals surface area (Å²) in [5, 5.41) is 28.8. The van der Waals surface area contributed by atoms with Gasteiger partial charge in [0.25, 0.3) is 0 Å². The summed E-state index contributed by atoms with van der Waals surface area (Å²) < 4.78 is 14.2. The summed E-state index contributed by atoms with van der Waals surface area (Å²) in [5.74, 6) is -1.51. The van der Waals surface area contributed by atoms with Gasteiger partial charge in [0.1, 0.15) is 18.3 Å². The molecule has 9 heteroatoms. The third-order valence-corrected chi connectivity index (χ3v) is 2.52. The summed E-state index contributed by atoms with van der Waals surface area (Å²) in [6, 6.07) is 0. The SMILES string of the molecule is O=C([O-])CC1=C[C@@H](OP(=O)([O-])[O-])[C@@H](O)[C@@H]1O. The number of phosphoric ester groups is 1. The third-order valence-electron chi connectivity index (χ3n) is 2.02. The smallest absolute Gasteiger partial charge is 0.114 e. The molecule has 1 aliphatic carbocycles. The number of hydrogen-bond donors (Lipinski definition) is 2. The highest BCUT2D eigenvalue weighted by Crippen LogP contribution is 2.34. The lowest BCUT2D eigenvalue weighted by Crippen LogP contribution is -2.35. The first-order chi connectivity index (χ1) is 7.20. The van der Waals surface area contributed by atoms with Crippen LogP contribution in [0, 0.1) is 0 Å². The summed E-state index contributed by atoms with van der Waals surface area (Å²) in [6.45, 7) is 0. The maximum Gasteiger partial charge on any atom is 0.114 e. The van der Waals surface area contributed by atoms with Crippen molar-refractivity contribution in [1.82, 2.24) is 0 Å². The molecule has 1 rings (SSSR count). The van der Waals surface area contributed by atoms with E-state index in [4.69, 9.17) is 0 Å². The van der Waals surface area contributed by atoms with E-state index < -0.39 is 38.5 Å². The summed E-state index contributed by atoms with van der Waals surface area (Å²) in [6.07, 6.45) is -4.64. The van der Waals surface area contributed by atoms with Gasteiger partial charge in [-0.1, -0.05) is 6.08 Å². The largest absolute Gasteiger partial charge is 0.790 e. The molecule has 0 aliphatic heterocycles. The van der Waals surface area contributed by atoms with Crippen molar-refractivity contribution in [3.05, 3.63) is 11.6 Å². The van der Waals surface area contributed by atoms with Crippen LogP contribution in [0.1, 0.15) is 6.42 Å². The zero-order valence-corrected chi connectivity index (χ0v) is 8.70. The predicted octanol–water partition coefficient (Wildman–Crippen LogP) is -4.00. The van der Waals surface area contributed by atoms with E-state index in [0.29, 0.717) is 0 Å². The van der Waals surface area contributed by atoms with Gasteiger partial charge < -0.3 is 39.0 Å². The molecular weight excluding hydrogens is 243 g/mol. The van der Waals surface area contributed by atoms with Gasteiger partial charge in [0.15, 0.2) is 0 Å². The van der Waals surface area contributed by atoms with Crippen LogP contribution in [0.5, 0.6) is 0 Å². The molecule has 0 spiro atoms. The number of hydrogen-bond acceptors (Lipinski definition) is 8. The number of carbonyl (C=O) groups is 1. The van der Waals surface area contributed by atoms with Gasteiger partial charge in [-0.25, -0.2) is 0 Å². The van der Waals surface area contributed by atoms with Gasteiger partial charge in [-0.05, 0) is 5.57 Å². The van der Waals surface area contributed by atoms with Crippen molar-refractivity contribution >= 4 is 13.8 Å². The Kier molecular flexibility index (Phi) is 3.84. The van der Waals surface area contributed by atoms with E-state index in [1.807, 2.05) is 0 Å². The quantitative estimate of drug-likeness (QED) is 0.378. The zero-order chi connectivity index (χ0) is 12.5. The van der Waals surface area contributed by atoms with Gasteiger partial charge >= 0.3 is 0 Å². The van der Waals surface area contributed by atoms with Crippen molar-refractivity contribution in [2.75, 3.05) is 0 Å². The molecule has 2 N–H and O–H groups in total. The van der Waals surface area contributed by atoms with E-state index >= 15 is 0 Å². The molecule has 16 heavy (non-hydrogen) atoms. The first-order valence-electron chi connectivity index (χ1n) is 4.18. The van der Waals surface area contributed by atoms with Crippen molar-refractivity contribution in [1.29, 1.82) is 0 Å². The molecule has 0 saturated heterocycles. The Balaban J connectivity index is 2.77. The monoisotopic (exact) mass is 251 g/mol. The molecule has 1 aliphatic rings. The van der Waals surface area contributed by atoms with Crippen LogP contribution in [0.4, 0.5) is 0 Å². The van der Waals surface area contributed by atoms with E-state index in [-0.39, 0.29) is 5.57 Å². The molecule has 3 atom stereocenters. The van der Waals surface area contributed by atoms with Crippen molar-refractivity contribution in [3.8, 4) is 0 Å². The van der Waals surface area contributed by atoms with Crippen LogP contribution in [-0.2, 0) is 13.9 Å². The molecule has 0 aromatic rings. The number of aliphatic hydroxyl groups is 2. The average molecular weight is 251 g/mol. The second-order valence-electron chi connectivity index (χ2n) is 3.24. The van der Waals surface area contributed by atoms with E-state index in [1.54, 1.807) is 0 Å². The Bertz CT molecular complexity index is 357. The maximum atomic E-state index is 10.3. The number of carbonyl (C=O) groups excluding carboxylic acids is 1. The Morgan fingerprint density at radius 2 is 2.06 bits per heavy atom. The average Bonchev–Trinajstić information content (AvgIpc) is 2.30. The number of aliphatic carboxylic acids is 1. The van der Waals surface area contributed by atoms with E-state index in [0.717, 1.165) is 6.08 Å². The molecule has 0 aromatic carbocycles. The normalized spacial score (nSPS) is 30.2. The number of carboxylic acid groups (broad SMARTS) is 1. The van der Waals surface area contributed by atoms with E-state index in [2.05, 4.69) is 4.52 Å². The summed E-state index contributed by atoms with van der Waals surface area (Å²) in [4.78, 5) is 30.8. The summed E-state index contributed by atoms with van der Waals surface area (Å²) in [7, 11) is -5.32. The molecule has 0 radical (unpaired) electrons. The maximum absolute atomic E-state index is 10.3. The van der Waals surface area contributed by atoms with Crippen LogP contribution < -0.4 is 14.9 Å². The van der Waals surface area contributed by atoms with Crippen LogP contribution in [0.2, 0.25) is 0 Å². The standard InChI is InChI=1S/C7H11O8P/c8-5(9)2-3-1-4(7(11)6(3)10)15-16(12,13)14/h1,4,6-7,10-11H,2H2,(H,8,9)(H2,12,13,14)/p-3/t4-,6-,7-/m1/s1. The predicted molar refractivity (Wildman–Crippen MR) is 42.2 cm³/mol. The molecule has 0 amide bonds. The van der Waals surface area contributed by atoms with Crippen LogP contribution in [0.15, 0.2) is 11.6 Å². The van der Waals surface area contributed by atoms with Gasteiger partial charge in [0.05, 0.1) is 7.82 Å². The number of carboxylic acids is 1. The number of aliphatic hydroxyl groups excluding tert-OH is 2. The molecule has 0 bridgehead atoms. The fraction of sp³-hybridized carbons (Fsp3) is 0.571. The van der Waals surface area contributed by atoms with Crippen LogP contribution >= 0.6 is 7.82 Å². The molecule has 92 valence electrons. The van der Waals surface area contributed by atoms with Crippen LogP contribution in [0.3, 0.4) is 0 Å². The van der Waals surface area contributed by atoms with Crippen molar-refractivity contribution in [2.45, 2.75) is 24.7 Å². The molecule has 0 heterocycles. The fourth-order valence-corrected chi connectivity index (χ4v) is 1.86. The molecule has 0 fully saturated rings. The molecule has 8 nitrogen and oxygen atoms in total. The molecule has 0 aromatic heterocycles. The highest BCUT2D eigenvalue weighted by Gasteiger charge is 2.35. The summed E-state index contributed by atoms with van der Waals surface area (Å²) in [5.41, 5.74) is -0.161. The first-order valence-corrected chi connectivity index (χ1v) is 5.64. The fourth-order valence-electron chi connectivity index (χ4n) is 1.38. The van der Waals surface area contributed by atoms with Crippen LogP contribution in [0.25, 0.3) is 0 Å². The molecule has 0 saturated carbocycles. The minimum atomic E-state index is -5.32. The molecule has 0 unspecified atom stereocenters. The van der Waals surface area contributed by atoms with Crippen LogP contribution in [-0.4, -0.2) is 34.5 Å². The van der Waals surface area contributed by atoms with Crippen molar-refractivity contribution < 1.29 is 39.0 Å². The van der Waals surface area contributed by atoms with Crippen molar-refractivity contribution in [2.24, 2.45) is 0 Å². The Morgan fingerprint density at radius 3 is 2.50 bits per heavy atom. The zero-order valence-electron chi connectivity index (χ0n) is 7.81. The van der Waals surface area contributed by atoms with Gasteiger partial charge in [-0.15, -0.1) is 0 Å². The van der Waals surface area contributed by atoms with Crippen molar-refractivity contribution in [3.63, 3.8) is 0 Å². The summed E-state index contributed by atoms with van der Waals surface area (Å²) >= 11 is 0. The minimum Gasteiger partial charge on any atom is -0.790 e. The number of phosphoric acid groups is 1. The highest BCUT2D eigenvalue weighted by molar-refractivity contribution is 7.43. The highest BCUT2D eigenvalue weighted by atomic mass is 31.2. The van der Waals surface area contributed by atoms with E-state index in [9.17, 15) is 34.5 Å². The lowest BCUT2D eigenvalue weighted by molar-refractivity contribution is -0.345. The first kappa shape index (κ1) is 13.3. The van der Waals surface area contributed by atoms with Gasteiger partial charge in [-0.3, -0.25) is 0 Å². The Labute approximate surface area is 90.0 Å². The number of rotatable bonds is 4. The lowest BCUT2D eigenvalue weighted by atomic mass is 10.1.